The second kappa shape index (κ2) is 10.4. The lowest BCUT2D eigenvalue weighted by Gasteiger charge is -2.29. The van der Waals surface area contributed by atoms with Gasteiger partial charge in [0.1, 0.15) is 11.1 Å². The number of aliphatic hydroxyl groups is 1. The van der Waals surface area contributed by atoms with E-state index in [4.69, 9.17) is 4.74 Å². The van der Waals surface area contributed by atoms with Crippen LogP contribution in [0.4, 0.5) is 18.9 Å². The first kappa shape index (κ1) is 26.2. The Kier molecular flexibility index (Phi) is 7.15. The van der Waals surface area contributed by atoms with Gasteiger partial charge < -0.3 is 24.6 Å². The van der Waals surface area contributed by atoms with Gasteiger partial charge in [-0.3, -0.25) is 9.59 Å². The highest BCUT2D eigenvalue weighted by atomic mass is 19.4. The first-order valence-electron chi connectivity index (χ1n) is 12.6. The Labute approximate surface area is 217 Å². The fourth-order valence-electron chi connectivity index (χ4n) is 5.23. The fraction of sp³-hybridized carbons (Fsp3) is 0.444. The number of aliphatic hydroxyl groups excluding tert-OH is 1. The van der Waals surface area contributed by atoms with Crippen molar-refractivity contribution in [2.24, 2.45) is 0 Å². The predicted octanol–water partition coefficient (Wildman–Crippen LogP) is 3.25. The number of anilines is 1. The van der Waals surface area contributed by atoms with Crippen molar-refractivity contribution >= 4 is 22.6 Å². The van der Waals surface area contributed by atoms with E-state index in [9.17, 15) is 27.9 Å². The zero-order chi connectivity index (χ0) is 27.0. The van der Waals surface area contributed by atoms with Gasteiger partial charge in [-0.1, -0.05) is 12.1 Å². The van der Waals surface area contributed by atoms with Crippen LogP contribution in [0.5, 0.6) is 0 Å². The maximum absolute atomic E-state index is 13.6. The largest absolute Gasteiger partial charge is 0.416 e. The van der Waals surface area contributed by atoms with Crippen LogP contribution in [0.15, 0.2) is 41.5 Å². The molecule has 8 nitrogen and oxygen atoms in total. The third kappa shape index (κ3) is 5.25. The highest BCUT2D eigenvalue weighted by molar-refractivity contribution is 5.97. The minimum Gasteiger partial charge on any atom is -0.393 e. The lowest BCUT2D eigenvalue weighted by atomic mass is 10.0. The summed E-state index contributed by atoms with van der Waals surface area (Å²) in [7, 11) is 0. The Morgan fingerprint density at radius 2 is 2.00 bits per heavy atom. The summed E-state index contributed by atoms with van der Waals surface area (Å²) in [5.41, 5.74) is 0.296. The molecule has 2 atom stereocenters. The second-order valence-corrected chi connectivity index (χ2v) is 9.89. The SMILES string of the molecule is Cc1c(Cn2cc(C(=O)N[C@H]3CC[C@H](O)C3)c(=O)c3ncc(N4CCOCC4)cc32)cccc1C(F)(F)F. The predicted molar refractivity (Wildman–Crippen MR) is 135 cm³/mol. The Bertz CT molecular complexity index is 1420. The van der Waals surface area contributed by atoms with Crippen LogP contribution in [-0.4, -0.2) is 59.0 Å². The number of fused-ring (bicyclic) bond motifs is 1. The number of aromatic nitrogens is 2. The molecule has 0 spiro atoms. The van der Waals surface area contributed by atoms with Gasteiger partial charge in [-0.05, 0) is 49.4 Å². The average Bonchev–Trinajstić information content (AvgIpc) is 3.30. The minimum absolute atomic E-state index is 0.00318. The van der Waals surface area contributed by atoms with E-state index in [2.05, 4.69) is 15.2 Å². The quantitative estimate of drug-likeness (QED) is 0.526. The molecule has 2 aliphatic rings. The second-order valence-electron chi connectivity index (χ2n) is 9.89. The van der Waals surface area contributed by atoms with E-state index in [1.807, 2.05) is 0 Å². The lowest BCUT2D eigenvalue weighted by molar-refractivity contribution is -0.138. The third-order valence-electron chi connectivity index (χ3n) is 7.36. The van der Waals surface area contributed by atoms with E-state index in [1.165, 1.54) is 19.2 Å². The first-order valence-corrected chi connectivity index (χ1v) is 12.6. The molecule has 0 radical (unpaired) electrons. The molecule has 3 heterocycles. The molecule has 1 saturated heterocycles. The number of carbonyl (C=O) groups is 1. The summed E-state index contributed by atoms with van der Waals surface area (Å²) in [5, 5.41) is 12.6. The molecule has 3 aromatic rings. The fourth-order valence-corrected chi connectivity index (χ4v) is 5.23. The molecule has 202 valence electrons. The Balaban J connectivity index is 1.60. The van der Waals surface area contributed by atoms with E-state index in [1.54, 1.807) is 22.9 Å². The van der Waals surface area contributed by atoms with Gasteiger partial charge in [0.2, 0.25) is 5.43 Å². The number of benzene rings is 1. The van der Waals surface area contributed by atoms with Crippen LogP contribution in [0.3, 0.4) is 0 Å². The maximum atomic E-state index is 13.6. The van der Waals surface area contributed by atoms with Crippen LogP contribution in [0.1, 0.15) is 46.3 Å². The van der Waals surface area contributed by atoms with Crippen LogP contribution >= 0.6 is 0 Å². The summed E-state index contributed by atoms with van der Waals surface area (Å²) >= 11 is 0. The molecule has 2 fully saturated rings. The molecule has 38 heavy (non-hydrogen) atoms. The number of pyridine rings is 2. The van der Waals surface area contributed by atoms with Gasteiger partial charge >= 0.3 is 6.18 Å². The van der Waals surface area contributed by atoms with E-state index in [-0.39, 0.29) is 29.2 Å². The molecule has 1 aromatic carbocycles. The van der Waals surface area contributed by atoms with Crippen molar-refractivity contribution in [2.45, 2.75) is 51.1 Å². The van der Waals surface area contributed by atoms with Crippen molar-refractivity contribution in [1.29, 1.82) is 0 Å². The van der Waals surface area contributed by atoms with Gasteiger partial charge in [-0.2, -0.15) is 13.2 Å². The van der Waals surface area contributed by atoms with E-state index < -0.39 is 29.2 Å². The highest BCUT2D eigenvalue weighted by Gasteiger charge is 2.33. The lowest BCUT2D eigenvalue weighted by Crippen LogP contribution is -2.37. The number of ether oxygens (including phenoxy) is 1. The van der Waals surface area contributed by atoms with Crippen LogP contribution in [0.2, 0.25) is 0 Å². The molecular formula is C27H29F3N4O4. The van der Waals surface area contributed by atoms with E-state index in [0.717, 1.165) is 11.8 Å². The zero-order valence-corrected chi connectivity index (χ0v) is 20.9. The van der Waals surface area contributed by atoms with Gasteiger partial charge in [0.05, 0.1) is 42.3 Å². The first-order chi connectivity index (χ1) is 18.1. The van der Waals surface area contributed by atoms with Crippen molar-refractivity contribution in [3.8, 4) is 0 Å². The number of morpholine rings is 1. The minimum atomic E-state index is -4.51. The standard InChI is InChI=1S/C27H29F3N4O4/c1-16-17(3-2-4-22(16)27(28,29)30)14-34-15-21(26(37)32-18-5-6-20(35)11-18)25(36)24-23(34)12-19(13-31-24)33-7-9-38-10-8-33/h2-4,12-13,15,18,20,35H,5-11,14H2,1H3,(H,32,37)/t18-,20-/m0/s1. The molecule has 0 unspecified atom stereocenters. The van der Waals surface area contributed by atoms with E-state index >= 15 is 0 Å². The van der Waals surface area contributed by atoms with Crippen LogP contribution in [0.25, 0.3) is 11.0 Å². The number of hydrogen-bond acceptors (Lipinski definition) is 6. The summed E-state index contributed by atoms with van der Waals surface area (Å²) < 4.78 is 47.8. The smallest absolute Gasteiger partial charge is 0.393 e. The molecular weight excluding hydrogens is 501 g/mol. The van der Waals surface area contributed by atoms with Gasteiger partial charge in [-0.25, -0.2) is 4.98 Å². The Morgan fingerprint density at radius 3 is 2.68 bits per heavy atom. The molecule has 1 aliphatic carbocycles. The topological polar surface area (TPSA) is 96.7 Å². The van der Waals surface area contributed by atoms with Crippen LogP contribution in [-0.2, 0) is 17.5 Å². The van der Waals surface area contributed by atoms with Gasteiger partial charge in [0.15, 0.2) is 0 Å². The molecule has 1 saturated carbocycles. The van der Waals surface area contributed by atoms with Crippen LogP contribution in [0, 0.1) is 6.92 Å². The molecule has 5 rings (SSSR count). The Hall–Kier alpha value is -3.44. The summed E-state index contributed by atoms with van der Waals surface area (Å²) in [5.74, 6) is -0.593. The molecule has 2 aromatic heterocycles. The molecule has 1 aliphatic heterocycles. The van der Waals surface area contributed by atoms with Crippen LogP contribution < -0.4 is 15.6 Å². The number of nitrogens with zero attached hydrogens (tertiary/aromatic N) is 3. The summed E-state index contributed by atoms with van der Waals surface area (Å²) in [6.07, 6.45) is -0.476. The van der Waals surface area contributed by atoms with Gasteiger partial charge in [-0.15, -0.1) is 0 Å². The van der Waals surface area contributed by atoms with E-state index in [0.29, 0.717) is 56.6 Å². The number of nitrogens with one attached hydrogen (secondary N) is 1. The zero-order valence-electron chi connectivity index (χ0n) is 20.9. The Morgan fingerprint density at radius 1 is 1.24 bits per heavy atom. The number of alkyl halides is 3. The van der Waals surface area contributed by atoms with Gasteiger partial charge in [0, 0.05) is 31.9 Å². The number of carbonyl (C=O) groups excluding carboxylic acids is 1. The van der Waals surface area contributed by atoms with Crippen molar-refractivity contribution in [2.75, 3.05) is 31.2 Å². The molecule has 2 N–H and O–H groups in total. The number of amides is 1. The summed E-state index contributed by atoms with van der Waals surface area (Å²) in [4.78, 5) is 33.0. The third-order valence-corrected chi connectivity index (χ3v) is 7.36. The van der Waals surface area contributed by atoms with Crippen molar-refractivity contribution in [3.05, 3.63) is 69.1 Å². The van der Waals surface area contributed by atoms with Crippen molar-refractivity contribution in [3.63, 3.8) is 0 Å². The number of halogens is 3. The monoisotopic (exact) mass is 530 g/mol. The number of rotatable bonds is 5. The van der Waals surface area contributed by atoms with Gasteiger partial charge in [0.25, 0.3) is 5.91 Å². The summed E-state index contributed by atoms with van der Waals surface area (Å²) in [6, 6.07) is 5.52. The summed E-state index contributed by atoms with van der Waals surface area (Å²) in [6.45, 7) is 3.78. The average molecular weight is 531 g/mol. The number of hydrogen-bond donors (Lipinski definition) is 2. The molecule has 11 heteroatoms. The maximum Gasteiger partial charge on any atom is 0.416 e. The molecule has 0 bridgehead atoms. The van der Waals surface area contributed by atoms with Crippen molar-refractivity contribution < 1.29 is 27.8 Å². The highest BCUT2D eigenvalue weighted by Crippen LogP contribution is 2.33. The molecule has 1 amide bonds. The normalized spacial score (nSPS) is 20.2. The van der Waals surface area contributed by atoms with Crippen molar-refractivity contribution in [1.82, 2.24) is 14.9 Å².